The molecular formula is C20H22N4O3. The van der Waals surface area contributed by atoms with Crippen LogP contribution in [0.1, 0.15) is 23.8 Å². The van der Waals surface area contributed by atoms with E-state index in [1.165, 1.54) is 0 Å². The molecule has 0 aliphatic heterocycles. The van der Waals surface area contributed by atoms with E-state index >= 15 is 0 Å². The summed E-state index contributed by atoms with van der Waals surface area (Å²) in [6, 6.07) is 11.1. The molecule has 3 rings (SSSR count). The fraction of sp³-hybridized carbons (Fsp3) is 0.250. The summed E-state index contributed by atoms with van der Waals surface area (Å²) in [6.07, 6.45) is 0.826. The number of nitrogens with zero attached hydrogens (tertiary/aromatic N) is 2. The fourth-order valence-corrected chi connectivity index (χ4v) is 2.88. The molecule has 27 heavy (non-hydrogen) atoms. The largest absolute Gasteiger partial charge is 0.497 e. The highest BCUT2D eigenvalue weighted by atomic mass is 16.5. The quantitative estimate of drug-likeness (QED) is 0.696. The van der Waals surface area contributed by atoms with Crippen molar-refractivity contribution < 1.29 is 14.3 Å². The Balaban J connectivity index is 2.17. The SMILES string of the molecule is CCCNC(=O)c1nnc2c(-c3cc(OC)ccc3OC)cccc2c1N. The van der Waals surface area contributed by atoms with Gasteiger partial charge in [-0.15, -0.1) is 10.2 Å². The van der Waals surface area contributed by atoms with Gasteiger partial charge in [-0.25, -0.2) is 0 Å². The Hall–Kier alpha value is -3.35. The predicted octanol–water partition coefficient (Wildman–Crippen LogP) is 3.04. The number of carbonyl (C=O) groups is 1. The minimum Gasteiger partial charge on any atom is -0.497 e. The van der Waals surface area contributed by atoms with Crippen molar-refractivity contribution in [3.8, 4) is 22.6 Å². The molecule has 7 nitrogen and oxygen atoms in total. The molecule has 0 aliphatic rings. The lowest BCUT2D eigenvalue weighted by Crippen LogP contribution is -2.26. The summed E-state index contributed by atoms with van der Waals surface area (Å²) in [5.74, 6) is 1.04. The van der Waals surface area contributed by atoms with Crippen molar-refractivity contribution in [2.75, 3.05) is 26.5 Å². The Kier molecular flexibility index (Phi) is 5.40. The number of nitrogens with one attached hydrogen (secondary N) is 1. The van der Waals surface area contributed by atoms with Crippen LogP contribution in [0.3, 0.4) is 0 Å². The van der Waals surface area contributed by atoms with E-state index in [-0.39, 0.29) is 11.6 Å². The summed E-state index contributed by atoms with van der Waals surface area (Å²) in [7, 11) is 3.21. The maximum Gasteiger partial charge on any atom is 0.273 e. The van der Waals surface area contributed by atoms with Gasteiger partial charge >= 0.3 is 0 Å². The van der Waals surface area contributed by atoms with Crippen molar-refractivity contribution in [1.29, 1.82) is 0 Å². The number of hydrogen-bond acceptors (Lipinski definition) is 6. The molecule has 0 fully saturated rings. The first-order valence-corrected chi connectivity index (χ1v) is 8.66. The van der Waals surface area contributed by atoms with Crippen LogP contribution in [0.5, 0.6) is 11.5 Å². The molecule has 140 valence electrons. The van der Waals surface area contributed by atoms with E-state index in [0.29, 0.717) is 34.6 Å². The summed E-state index contributed by atoms with van der Waals surface area (Å²) < 4.78 is 10.8. The summed E-state index contributed by atoms with van der Waals surface area (Å²) >= 11 is 0. The monoisotopic (exact) mass is 366 g/mol. The lowest BCUT2D eigenvalue weighted by molar-refractivity contribution is 0.0949. The summed E-state index contributed by atoms with van der Waals surface area (Å²) in [4.78, 5) is 12.3. The van der Waals surface area contributed by atoms with E-state index in [1.54, 1.807) is 14.2 Å². The van der Waals surface area contributed by atoms with Gasteiger partial charge in [0.15, 0.2) is 5.69 Å². The lowest BCUT2D eigenvalue weighted by Gasteiger charge is -2.13. The number of rotatable bonds is 6. The molecule has 0 atom stereocenters. The number of benzene rings is 2. The first-order valence-electron chi connectivity index (χ1n) is 8.66. The Morgan fingerprint density at radius 3 is 2.63 bits per heavy atom. The van der Waals surface area contributed by atoms with Gasteiger partial charge in [0, 0.05) is 23.1 Å². The van der Waals surface area contributed by atoms with Gasteiger partial charge in [0.1, 0.15) is 17.0 Å². The number of hydrogen-bond donors (Lipinski definition) is 2. The Bertz CT molecular complexity index is 988. The molecule has 7 heteroatoms. The van der Waals surface area contributed by atoms with Gasteiger partial charge in [0.2, 0.25) is 0 Å². The molecule has 3 N–H and O–H groups in total. The lowest BCUT2D eigenvalue weighted by atomic mass is 10.00. The van der Waals surface area contributed by atoms with Crippen LogP contribution < -0.4 is 20.5 Å². The maximum absolute atomic E-state index is 12.3. The van der Waals surface area contributed by atoms with Gasteiger partial charge in [-0.05, 0) is 24.6 Å². The van der Waals surface area contributed by atoms with Crippen LogP contribution in [0.15, 0.2) is 36.4 Å². The van der Waals surface area contributed by atoms with Gasteiger partial charge in [0.25, 0.3) is 5.91 Å². The summed E-state index contributed by atoms with van der Waals surface area (Å²) in [5, 5.41) is 11.8. The molecule has 0 radical (unpaired) electrons. The summed E-state index contributed by atoms with van der Waals surface area (Å²) in [5.41, 5.74) is 8.87. The molecular weight excluding hydrogens is 344 g/mol. The van der Waals surface area contributed by atoms with E-state index < -0.39 is 0 Å². The Labute approximate surface area is 157 Å². The second-order valence-electron chi connectivity index (χ2n) is 5.99. The van der Waals surface area contributed by atoms with Crippen LogP contribution in [-0.2, 0) is 0 Å². The zero-order valence-corrected chi connectivity index (χ0v) is 15.6. The van der Waals surface area contributed by atoms with Gasteiger partial charge < -0.3 is 20.5 Å². The number of ether oxygens (including phenoxy) is 2. The topological polar surface area (TPSA) is 99.4 Å². The third-order valence-corrected chi connectivity index (χ3v) is 4.28. The molecule has 0 unspecified atom stereocenters. The van der Waals surface area contributed by atoms with Crippen molar-refractivity contribution in [2.24, 2.45) is 0 Å². The number of amides is 1. The number of carbonyl (C=O) groups excluding carboxylic acids is 1. The highest BCUT2D eigenvalue weighted by Crippen LogP contribution is 2.37. The van der Waals surface area contributed by atoms with Crippen molar-refractivity contribution in [3.05, 3.63) is 42.1 Å². The van der Waals surface area contributed by atoms with Crippen LogP contribution in [-0.4, -0.2) is 36.9 Å². The number of nitrogen functional groups attached to an aromatic ring is 1. The van der Waals surface area contributed by atoms with Gasteiger partial charge in [-0.1, -0.05) is 25.1 Å². The van der Waals surface area contributed by atoms with Crippen molar-refractivity contribution >= 4 is 22.5 Å². The van der Waals surface area contributed by atoms with Crippen molar-refractivity contribution in [1.82, 2.24) is 15.5 Å². The third-order valence-electron chi connectivity index (χ3n) is 4.28. The zero-order valence-electron chi connectivity index (χ0n) is 15.6. The average molecular weight is 366 g/mol. The maximum atomic E-state index is 12.3. The highest BCUT2D eigenvalue weighted by molar-refractivity contribution is 6.07. The molecule has 0 spiro atoms. The molecule has 3 aromatic rings. The molecule has 0 saturated heterocycles. The van der Waals surface area contributed by atoms with Crippen LogP contribution in [0.4, 0.5) is 5.69 Å². The average Bonchev–Trinajstić information content (AvgIpc) is 2.71. The predicted molar refractivity (Wildman–Crippen MR) is 105 cm³/mol. The van der Waals surface area contributed by atoms with Crippen molar-refractivity contribution in [3.63, 3.8) is 0 Å². The first kappa shape index (κ1) is 18.4. The van der Waals surface area contributed by atoms with Crippen LogP contribution >= 0.6 is 0 Å². The van der Waals surface area contributed by atoms with E-state index in [1.807, 2.05) is 43.3 Å². The van der Waals surface area contributed by atoms with Crippen LogP contribution in [0, 0.1) is 0 Å². The minimum absolute atomic E-state index is 0.130. The number of methoxy groups -OCH3 is 2. The second kappa shape index (κ2) is 7.90. The van der Waals surface area contributed by atoms with Gasteiger partial charge in [-0.3, -0.25) is 4.79 Å². The number of fused-ring (bicyclic) bond motifs is 1. The van der Waals surface area contributed by atoms with E-state index in [4.69, 9.17) is 15.2 Å². The van der Waals surface area contributed by atoms with Crippen LogP contribution in [0.25, 0.3) is 22.0 Å². The molecule has 2 aromatic carbocycles. The third kappa shape index (κ3) is 3.48. The van der Waals surface area contributed by atoms with Crippen LogP contribution in [0.2, 0.25) is 0 Å². The molecule has 0 bridgehead atoms. The van der Waals surface area contributed by atoms with E-state index in [2.05, 4.69) is 15.5 Å². The van der Waals surface area contributed by atoms with E-state index in [9.17, 15) is 4.79 Å². The normalized spacial score (nSPS) is 10.6. The molecule has 1 heterocycles. The van der Waals surface area contributed by atoms with Crippen molar-refractivity contribution in [2.45, 2.75) is 13.3 Å². The minimum atomic E-state index is -0.326. The fourth-order valence-electron chi connectivity index (χ4n) is 2.88. The Morgan fingerprint density at radius 2 is 1.93 bits per heavy atom. The highest BCUT2D eigenvalue weighted by Gasteiger charge is 2.18. The number of anilines is 1. The van der Waals surface area contributed by atoms with Gasteiger partial charge in [-0.2, -0.15) is 0 Å². The number of aromatic nitrogens is 2. The number of nitrogens with two attached hydrogens (primary N) is 1. The first-order chi connectivity index (χ1) is 13.1. The Morgan fingerprint density at radius 1 is 1.11 bits per heavy atom. The van der Waals surface area contributed by atoms with E-state index in [0.717, 1.165) is 17.5 Å². The zero-order chi connectivity index (χ0) is 19.4. The smallest absolute Gasteiger partial charge is 0.273 e. The summed E-state index contributed by atoms with van der Waals surface area (Å²) in [6.45, 7) is 2.53. The molecule has 0 aliphatic carbocycles. The molecule has 1 aromatic heterocycles. The molecule has 0 saturated carbocycles. The second-order valence-corrected chi connectivity index (χ2v) is 5.99. The van der Waals surface area contributed by atoms with Gasteiger partial charge in [0.05, 0.1) is 19.9 Å². The standard InChI is InChI=1S/C20H22N4O3/c1-4-10-22-20(25)19-17(21)14-7-5-6-13(18(14)23-24-19)15-11-12(26-2)8-9-16(15)27-3/h5-9,11H,4,10H2,1-3H3,(H2,21,23)(H,22,25). The molecule has 1 amide bonds.